The third kappa shape index (κ3) is 6.84. The average Bonchev–Trinajstić information content (AvgIpc) is 2.62. The van der Waals surface area contributed by atoms with Crippen molar-refractivity contribution in [3.05, 3.63) is 34.9 Å². The normalized spacial score (nSPS) is 15.8. The molecule has 0 aromatic heterocycles. The molecule has 1 aromatic rings. The first-order valence-electron chi connectivity index (χ1n) is 8.98. The predicted molar refractivity (Wildman–Crippen MR) is 100 cm³/mol. The molecule has 0 radical (unpaired) electrons. The molecular formula is C19H25ClN2O5. The predicted octanol–water partition coefficient (Wildman–Crippen LogP) is 2.39. The summed E-state index contributed by atoms with van der Waals surface area (Å²) in [6.07, 6.45) is 1.29. The van der Waals surface area contributed by atoms with Gasteiger partial charge in [0, 0.05) is 37.7 Å². The second kappa shape index (κ2) is 10.3. The Kier molecular flexibility index (Phi) is 8.06. The molecule has 1 unspecified atom stereocenters. The smallest absolute Gasteiger partial charge is 0.305 e. The minimum absolute atomic E-state index is 0.0474. The Balaban J connectivity index is 2.15. The van der Waals surface area contributed by atoms with Gasteiger partial charge in [0.15, 0.2) is 0 Å². The van der Waals surface area contributed by atoms with Crippen molar-refractivity contribution < 1.29 is 24.2 Å². The Morgan fingerprint density at radius 3 is 2.44 bits per heavy atom. The first kappa shape index (κ1) is 21.2. The minimum Gasteiger partial charge on any atom is -0.481 e. The van der Waals surface area contributed by atoms with Crippen LogP contribution in [-0.4, -0.2) is 53.6 Å². The molecule has 1 atom stereocenters. The van der Waals surface area contributed by atoms with Crippen LogP contribution in [-0.2, 0) is 19.1 Å². The summed E-state index contributed by atoms with van der Waals surface area (Å²) in [7, 11) is 0. The average molecular weight is 397 g/mol. The van der Waals surface area contributed by atoms with Crippen LogP contribution in [0, 0.1) is 0 Å². The second-order valence-electron chi connectivity index (χ2n) is 6.58. The summed E-state index contributed by atoms with van der Waals surface area (Å²) in [5, 5.41) is 12.4. The van der Waals surface area contributed by atoms with Crippen molar-refractivity contribution in [1.82, 2.24) is 10.2 Å². The van der Waals surface area contributed by atoms with E-state index in [-0.39, 0.29) is 37.2 Å². The zero-order chi connectivity index (χ0) is 19.8. The van der Waals surface area contributed by atoms with Crippen LogP contribution in [0.4, 0.5) is 0 Å². The molecule has 148 valence electrons. The van der Waals surface area contributed by atoms with Gasteiger partial charge in [0.05, 0.1) is 18.9 Å². The van der Waals surface area contributed by atoms with E-state index < -0.39 is 12.0 Å². The Morgan fingerprint density at radius 1 is 1.26 bits per heavy atom. The number of hydrogen-bond donors (Lipinski definition) is 2. The first-order valence-corrected chi connectivity index (χ1v) is 9.36. The lowest BCUT2D eigenvalue weighted by Crippen LogP contribution is -2.45. The van der Waals surface area contributed by atoms with Crippen LogP contribution < -0.4 is 5.32 Å². The van der Waals surface area contributed by atoms with E-state index >= 15 is 0 Å². The van der Waals surface area contributed by atoms with Gasteiger partial charge in [0.1, 0.15) is 0 Å². The number of halogens is 1. The van der Waals surface area contributed by atoms with Gasteiger partial charge in [-0.25, -0.2) is 0 Å². The second-order valence-corrected chi connectivity index (χ2v) is 7.02. The third-order valence-electron chi connectivity index (χ3n) is 4.55. The van der Waals surface area contributed by atoms with E-state index in [0.29, 0.717) is 31.1 Å². The summed E-state index contributed by atoms with van der Waals surface area (Å²) in [5.41, 5.74) is 0.771. The molecule has 0 bridgehead atoms. The summed E-state index contributed by atoms with van der Waals surface area (Å²) in [6.45, 7) is 2.64. The molecule has 0 spiro atoms. The van der Waals surface area contributed by atoms with Gasteiger partial charge < -0.3 is 20.1 Å². The van der Waals surface area contributed by atoms with E-state index in [1.54, 1.807) is 29.2 Å². The number of nitrogens with zero attached hydrogens (tertiary/aromatic N) is 1. The van der Waals surface area contributed by atoms with Crippen molar-refractivity contribution in [2.75, 3.05) is 19.8 Å². The minimum atomic E-state index is -0.948. The fourth-order valence-electron chi connectivity index (χ4n) is 3.21. The van der Waals surface area contributed by atoms with Gasteiger partial charge >= 0.3 is 5.97 Å². The van der Waals surface area contributed by atoms with Gasteiger partial charge in [-0.15, -0.1) is 0 Å². The molecule has 2 N–H and O–H groups in total. The molecular weight excluding hydrogens is 372 g/mol. The first-order chi connectivity index (χ1) is 12.9. The van der Waals surface area contributed by atoms with Crippen LogP contribution >= 0.6 is 11.6 Å². The monoisotopic (exact) mass is 396 g/mol. The molecule has 1 heterocycles. The summed E-state index contributed by atoms with van der Waals surface area (Å²) in [5.74, 6) is -1.38. The fourth-order valence-corrected chi connectivity index (χ4v) is 3.33. The Morgan fingerprint density at radius 2 is 1.89 bits per heavy atom. The van der Waals surface area contributed by atoms with Crippen molar-refractivity contribution in [1.29, 1.82) is 0 Å². The van der Waals surface area contributed by atoms with Crippen molar-refractivity contribution in [2.24, 2.45) is 0 Å². The molecule has 0 saturated carbocycles. The number of carbonyl (C=O) groups excluding carboxylic acids is 2. The summed E-state index contributed by atoms with van der Waals surface area (Å²) in [6, 6.07) is 6.40. The van der Waals surface area contributed by atoms with E-state index in [2.05, 4.69) is 5.32 Å². The molecule has 27 heavy (non-hydrogen) atoms. The highest BCUT2D eigenvalue weighted by Gasteiger charge is 2.28. The van der Waals surface area contributed by atoms with Crippen LogP contribution in [0.5, 0.6) is 0 Å². The van der Waals surface area contributed by atoms with Crippen LogP contribution in [0.2, 0.25) is 5.02 Å². The lowest BCUT2D eigenvalue weighted by atomic mass is 10.0. The van der Waals surface area contributed by atoms with Gasteiger partial charge in [0.25, 0.3) is 0 Å². The molecule has 8 heteroatoms. The lowest BCUT2D eigenvalue weighted by molar-refractivity contribution is -0.140. The molecule has 2 rings (SSSR count). The molecule has 1 saturated heterocycles. The van der Waals surface area contributed by atoms with E-state index in [0.717, 1.165) is 5.56 Å². The van der Waals surface area contributed by atoms with Gasteiger partial charge in [-0.2, -0.15) is 0 Å². The number of hydrogen-bond acceptors (Lipinski definition) is 4. The zero-order valence-electron chi connectivity index (χ0n) is 15.3. The summed E-state index contributed by atoms with van der Waals surface area (Å²) < 4.78 is 5.35. The molecule has 1 aliphatic heterocycles. The Bertz CT molecular complexity index is 659. The van der Waals surface area contributed by atoms with Crippen molar-refractivity contribution in [3.8, 4) is 0 Å². The molecule has 7 nitrogen and oxygen atoms in total. The highest BCUT2D eigenvalue weighted by atomic mass is 35.5. The van der Waals surface area contributed by atoms with Crippen LogP contribution in [0.15, 0.2) is 24.3 Å². The number of aliphatic carboxylic acids is 1. The number of carbonyl (C=O) groups is 3. The number of nitrogens with one attached hydrogen (secondary N) is 1. The van der Waals surface area contributed by atoms with Crippen molar-refractivity contribution >= 4 is 29.4 Å². The molecule has 1 aliphatic rings. The number of benzene rings is 1. The molecule has 0 aliphatic carbocycles. The maximum atomic E-state index is 13.0. The maximum absolute atomic E-state index is 13.0. The number of carboxylic acids is 1. The highest BCUT2D eigenvalue weighted by Crippen LogP contribution is 2.23. The zero-order valence-corrected chi connectivity index (χ0v) is 16.1. The van der Waals surface area contributed by atoms with Gasteiger partial charge in [-0.3, -0.25) is 14.4 Å². The largest absolute Gasteiger partial charge is 0.481 e. The number of rotatable bonds is 8. The van der Waals surface area contributed by atoms with Gasteiger partial charge in [-0.05, 0) is 30.5 Å². The summed E-state index contributed by atoms with van der Waals surface area (Å²) >= 11 is 5.92. The van der Waals surface area contributed by atoms with Crippen molar-refractivity contribution in [2.45, 2.75) is 44.7 Å². The summed E-state index contributed by atoms with van der Waals surface area (Å²) in [4.78, 5) is 37.2. The maximum Gasteiger partial charge on any atom is 0.305 e. The standard InChI is InChI=1S/C19H25ClN2O5/c1-13(23)21-17(14-2-4-15(20)5-3-14)12-18(24)22(9-6-19(25)26)16-7-10-27-11-8-16/h2-5,16-17H,6-12H2,1H3,(H,21,23)(H,25,26). The van der Waals surface area contributed by atoms with E-state index in [9.17, 15) is 14.4 Å². The fraction of sp³-hybridized carbons (Fsp3) is 0.526. The molecule has 1 aromatic carbocycles. The number of ether oxygens (including phenoxy) is 1. The van der Waals surface area contributed by atoms with Crippen LogP contribution in [0.1, 0.15) is 44.2 Å². The van der Waals surface area contributed by atoms with Crippen LogP contribution in [0.25, 0.3) is 0 Å². The van der Waals surface area contributed by atoms with Gasteiger partial charge in [0.2, 0.25) is 11.8 Å². The van der Waals surface area contributed by atoms with Crippen LogP contribution in [0.3, 0.4) is 0 Å². The Labute approximate surface area is 163 Å². The van der Waals surface area contributed by atoms with E-state index in [1.165, 1.54) is 6.92 Å². The van der Waals surface area contributed by atoms with E-state index in [4.69, 9.17) is 21.4 Å². The lowest BCUT2D eigenvalue weighted by Gasteiger charge is -2.35. The Hall–Kier alpha value is -2.12. The van der Waals surface area contributed by atoms with Crippen molar-refractivity contribution in [3.63, 3.8) is 0 Å². The number of amides is 2. The third-order valence-corrected chi connectivity index (χ3v) is 4.80. The van der Waals surface area contributed by atoms with E-state index in [1.807, 2.05) is 0 Å². The SMILES string of the molecule is CC(=O)NC(CC(=O)N(CCC(=O)O)C1CCOCC1)c1ccc(Cl)cc1. The topological polar surface area (TPSA) is 95.9 Å². The number of carboxylic acid groups (broad SMARTS) is 1. The quantitative estimate of drug-likeness (QED) is 0.703. The molecule has 1 fully saturated rings. The van der Waals surface area contributed by atoms with Gasteiger partial charge in [-0.1, -0.05) is 23.7 Å². The highest BCUT2D eigenvalue weighted by molar-refractivity contribution is 6.30. The molecule has 2 amide bonds.